The van der Waals surface area contributed by atoms with Crippen molar-refractivity contribution < 1.29 is 9.47 Å². The molecule has 24 heavy (non-hydrogen) atoms. The molecular weight excluding hydrogens is 308 g/mol. The molecule has 0 saturated carbocycles. The molecular formula is C16H26N6O2. The van der Waals surface area contributed by atoms with E-state index in [4.69, 9.17) is 15.2 Å². The Kier molecular flexibility index (Phi) is 5.34. The number of hydrogen-bond acceptors (Lipinski definition) is 7. The third-order valence-electron chi connectivity index (χ3n) is 4.24. The molecule has 1 aliphatic heterocycles. The van der Waals surface area contributed by atoms with Crippen LogP contribution in [-0.2, 0) is 11.3 Å². The molecule has 1 fully saturated rings. The van der Waals surface area contributed by atoms with Gasteiger partial charge in [0.25, 0.3) is 6.01 Å². The number of nitrogen functional groups attached to an aromatic ring is 1. The quantitative estimate of drug-likeness (QED) is 0.749. The summed E-state index contributed by atoms with van der Waals surface area (Å²) in [5, 5.41) is 3.22. The summed E-state index contributed by atoms with van der Waals surface area (Å²) in [6.45, 7) is 4.42. The van der Waals surface area contributed by atoms with Gasteiger partial charge in [-0.3, -0.25) is 4.57 Å². The molecule has 0 spiro atoms. The maximum atomic E-state index is 6.08. The summed E-state index contributed by atoms with van der Waals surface area (Å²) in [6, 6.07) is 0.492. The molecule has 132 valence electrons. The second-order valence-corrected chi connectivity index (χ2v) is 6.08. The van der Waals surface area contributed by atoms with Crippen molar-refractivity contribution in [2.24, 2.45) is 0 Å². The first-order valence-electron chi connectivity index (χ1n) is 8.66. The highest BCUT2D eigenvalue weighted by atomic mass is 16.5. The number of ether oxygens (including phenoxy) is 2. The molecule has 2 aromatic heterocycles. The van der Waals surface area contributed by atoms with E-state index in [1.165, 1.54) is 6.42 Å². The van der Waals surface area contributed by atoms with Gasteiger partial charge in [0, 0.05) is 13.2 Å². The van der Waals surface area contributed by atoms with Crippen molar-refractivity contribution in [3.8, 4) is 6.01 Å². The Labute approximate surface area is 141 Å². The van der Waals surface area contributed by atoms with Gasteiger partial charge in [0.15, 0.2) is 17.0 Å². The molecule has 1 unspecified atom stereocenters. The van der Waals surface area contributed by atoms with Gasteiger partial charge in [-0.25, -0.2) is 0 Å². The fourth-order valence-electron chi connectivity index (χ4n) is 2.93. The highest BCUT2D eigenvalue weighted by molar-refractivity contribution is 5.84. The summed E-state index contributed by atoms with van der Waals surface area (Å²) < 4.78 is 13.2. The number of imidazole rings is 1. The number of aromatic nitrogens is 4. The van der Waals surface area contributed by atoms with Crippen LogP contribution >= 0.6 is 0 Å². The molecule has 3 heterocycles. The number of nitrogens with one attached hydrogen (secondary N) is 1. The standard InChI is InChI=1S/C16H26N6O2/c1-3-4-8-18-15-20-13(17)12-14(21-15)22(16(19-12)23-2)10-11-7-5-6-9-24-11/h11H,3-10H2,1-2H3,(H3,17,18,20,21). The Morgan fingerprint density at radius 1 is 1.33 bits per heavy atom. The van der Waals surface area contributed by atoms with Crippen LogP contribution in [0, 0.1) is 0 Å². The van der Waals surface area contributed by atoms with Gasteiger partial charge in [0.2, 0.25) is 5.95 Å². The zero-order chi connectivity index (χ0) is 16.9. The normalized spacial score (nSPS) is 18.0. The second kappa shape index (κ2) is 7.65. The van der Waals surface area contributed by atoms with Crippen LogP contribution in [0.5, 0.6) is 6.01 Å². The van der Waals surface area contributed by atoms with Crippen LogP contribution in [0.1, 0.15) is 39.0 Å². The van der Waals surface area contributed by atoms with E-state index in [0.717, 1.165) is 38.8 Å². The smallest absolute Gasteiger partial charge is 0.298 e. The topological polar surface area (TPSA) is 100 Å². The fourth-order valence-corrected chi connectivity index (χ4v) is 2.93. The van der Waals surface area contributed by atoms with Crippen molar-refractivity contribution in [1.29, 1.82) is 0 Å². The molecule has 0 bridgehead atoms. The molecule has 0 aliphatic carbocycles. The number of anilines is 2. The van der Waals surface area contributed by atoms with Crippen molar-refractivity contribution in [1.82, 2.24) is 19.5 Å². The highest BCUT2D eigenvalue weighted by Crippen LogP contribution is 2.26. The van der Waals surface area contributed by atoms with E-state index in [0.29, 0.717) is 35.5 Å². The molecule has 2 aromatic rings. The van der Waals surface area contributed by atoms with Crippen molar-refractivity contribution in [2.45, 2.75) is 51.7 Å². The van der Waals surface area contributed by atoms with Crippen LogP contribution in [0.15, 0.2) is 0 Å². The SMILES string of the molecule is CCCCNc1nc(N)c2nc(OC)n(CC3CCCCO3)c2n1. The van der Waals surface area contributed by atoms with Gasteiger partial charge in [0.05, 0.1) is 19.8 Å². The summed E-state index contributed by atoms with van der Waals surface area (Å²) >= 11 is 0. The van der Waals surface area contributed by atoms with E-state index in [1.54, 1.807) is 7.11 Å². The average Bonchev–Trinajstić information content (AvgIpc) is 2.94. The minimum Gasteiger partial charge on any atom is -0.468 e. The lowest BCUT2D eigenvalue weighted by Crippen LogP contribution is -2.25. The Morgan fingerprint density at radius 2 is 2.21 bits per heavy atom. The Bertz CT molecular complexity index is 681. The highest BCUT2D eigenvalue weighted by Gasteiger charge is 2.22. The number of methoxy groups -OCH3 is 1. The number of unbranched alkanes of at least 4 members (excludes halogenated alkanes) is 1. The van der Waals surface area contributed by atoms with E-state index in [2.05, 4.69) is 27.2 Å². The largest absolute Gasteiger partial charge is 0.468 e. The Balaban J connectivity index is 1.92. The third kappa shape index (κ3) is 3.53. The van der Waals surface area contributed by atoms with Crippen LogP contribution < -0.4 is 15.8 Å². The van der Waals surface area contributed by atoms with Gasteiger partial charge >= 0.3 is 0 Å². The summed E-state index contributed by atoms with van der Waals surface area (Å²) in [4.78, 5) is 13.3. The molecule has 0 radical (unpaired) electrons. The number of rotatable bonds is 7. The van der Waals surface area contributed by atoms with Crippen molar-refractivity contribution in [3.63, 3.8) is 0 Å². The van der Waals surface area contributed by atoms with Crippen molar-refractivity contribution >= 4 is 22.9 Å². The van der Waals surface area contributed by atoms with Crippen LogP contribution in [-0.4, -0.2) is 45.9 Å². The van der Waals surface area contributed by atoms with E-state index in [9.17, 15) is 0 Å². The van der Waals surface area contributed by atoms with Gasteiger partial charge in [-0.15, -0.1) is 0 Å². The van der Waals surface area contributed by atoms with Gasteiger partial charge in [0.1, 0.15) is 0 Å². The zero-order valence-electron chi connectivity index (χ0n) is 14.4. The molecule has 1 saturated heterocycles. The summed E-state index contributed by atoms with van der Waals surface area (Å²) in [6.07, 6.45) is 5.65. The molecule has 8 nitrogen and oxygen atoms in total. The summed E-state index contributed by atoms with van der Waals surface area (Å²) in [5.41, 5.74) is 7.34. The molecule has 3 N–H and O–H groups in total. The lowest BCUT2D eigenvalue weighted by molar-refractivity contribution is 0.00542. The van der Waals surface area contributed by atoms with E-state index < -0.39 is 0 Å². The van der Waals surface area contributed by atoms with Crippen LogP contribution in [0.3, 0.4) is 0 Å². The van der Waals surface area contributed by atoms with Gasteiger partial charge in [-0.05, 0) is 25.7 Å². The number of nitrogens with two attached hydrogens (primary N) is 1. The third-order valence-corrected chi connectivity index (χ3v) is 4.24. The summed E-state index contributed by atoms with van der Waals surface area (Å²) in [7, 11) is 1.60. The molecule has 0 aromatic carbocycles. The first kappa shape index (κ1) is 16.8. The molecule has 3 rings (SSSR count). The average molecular weight is 334 g/mol. The number of fused-ring (bicyclic) bond motifs is 1. The monoisotopic (exact) mass is 334 g/mol. The minimum atomic E-state index is 0.151. The predicted molar refractivity (Wildman–Crippen MR) is 93.3 cm³/mol. The van der Waals surface area contributed by atoms with Gasteiger partial charge < -0.3 is 20.5 Å². The Hall–Kier alpha value is -2.09. The molecule has 1 aliphatic rings. The van der Waals surface area contributed by atoms with Crippen molar-refractivity contribution in [3.05, 3.63) is 0 Å². The number of hydrogen-bond donors (Lipinski definition) is 2. The lowest BCUT2D eigenvalue weighted by Gasteiger charge is -2.23. The van der Waals surface area contributed by atoms with Crippen LogP contribution in [0.25, 0.3) is 11.2 Å². The first-order chi connectivity index (χ1) is 11.7. The molecule has 0 amide bonds. The summed E-state index contributed by atoms with van der Waals surface area (Å²) in [5.74, 6) is 0.891. The van der Waals surface area contributed by atoms with Gasteiger partial charge in [-0.1, -0.05) is 13.3 Å². The minimum absolute atomic E-state index is 0.151. The van der Waals surface area contributed by atoms with E-state index >= 15 is 0 Å². The van der Waals surface area contributed by atoms with E-state index in [-0.39, 0.29) is 6.10 Å². The molecule has 1 atom stereocenters. The fraction of sp³-hybridized carbons (Fsp3) is 0.688. The maximum Gasteiger partial charge on any atom is 0.298 e. The zero-order valence-corrected chi connectivity index (χ0v) is 14.4. The Morgan fingerprint density at radius 3 is 2.92 bits per heavy atom. The van der Waals surface area contributed by atoms with Crippen molar-refractivity contribution in [2.75, 3.05) is 31.3 Å². The lowest BCUT2D eigenvalue weighted by atomic mass is 10.1. The number of nitrogens with zero attached hydrogens (tertiary/aromatic N) is 4. The van der Waals surface area contributed by atoms with E-state index in [1.807, 2.05) is 4.57 Å². The predicted octanol–water partition coefficient (Wildman–Crippen LogP) is 2.20. The maximum absolute atomic E-state index is 6.08. The first-order valence-corrected chi connectivity index (χ1v) is 8.66. The van der Waals surface area contributed by atoms with Crippen LogP contribution in [0.2, 0.25) is 0 Å². The second-order valence-electron chi connectivity index (χ2n) is 6.08. The molecule has 8 heteroatoms. The van der Waals surface area contributed by atoms with Gasteiger partial charge in [-0.2, -0.15) is 15.0 Å². The van der Waals surface area contributed by atoms with Crippen LogP contribution in [0.4, 0.5) is 11.8 Å².